The van der Waals surface area contributed by atoms with E-state index in [9.17, 15) is 0 Å². The molecule has 4 heteroatoms. The molecule has 2 nitrogen and oxygen atoms in total. The zero-order valence-corrected chi connectivity index (χ0v) is 12.2. The average Bonchev–Trinajstić information content (AvgIpc) is 2.02. The van der Waals surface area contributed by atoms with Crippen LogP contribution in [0.2, 0.25) is 13.1 Å². The Morgan fingerprint density at radius 1 is 1.13 bits per heavy atom. The zero-order chi connectivity index (χ0) is 10.6. The van der Waals surface area contributed by atoms with Crippen LogP contribution in [0.4, 0.5) is 0 Å². The van der Waals surface area contributed by atoms with E-state index in [1.807, 2.05) is 0 Å². The van der Waals surface area contributed by atoms with Gasteiger partial charge < -0.3 is 9.88 Å². The van der Waals surface area contributed by atoms with Crippen molar-refractivity contribution in [2.75, 3.05) is 19.3 Å². The Morgan fingerprint density at radius 2 is 1.67 bits per heavy atom. The molecule has 1 aliphatic rings. The summed E-state index contributed by atoms with van der Waals surface area (Å²) < 4.78 is 0. The van der Waals surface area contributed by atoms with Crippen LogP contribution in [0.25, 0.3) is 4.98 Å². The van der Waals surface area contributed by atoms with Crippen molar-refractivity contribution >= 4 is 8.24 Å². The number of likely N-dealkylation sites (tertiary alicyclic amines) is 1. The Labute approximate surface area is 108 Å². The summed E-state index contributed by atoms with van der Waals surface area (Å²) >= 11 is 0. The summed E-state index contributed by atoms with van der Waals surface area (Å²) in [7, 11) is -1.30. The molecular formula is C11H25LiN2Si. The second kappa shape index (κ2) is 7.14. The van der Waals surface area contributed by atoms with Gasteiger partial charge in [-0.15, -0.1) is 6.04 Å². The third-order valence-electron chi connectivity index (χ3n) is 2.67. The maximum absolute atomic E-state index is 4.90. The normalized spacial score (nSPS) is 19.0. The fourth-order valence-corrected chi connectivity index (χ4v) is 5.29. The SMILES string of the molecule is CC(C)[N-][Si](C)(C)CN1CCCCC1.[Li+]. The minimum atomic E-state index is -1.30. The minimum absolute atomic E-state index is 0. The van der Waals surface area contributed by atoms with E-state index in [0.29, 0.717) is 6.04 Å². The van der Waals surface area contributed by atoms with Gasteiger partial charge in [-0.3, -0.25) is 0 Å². The summed E-state index contributed by atoms with van der Waals surface area (Å²) in [6.45, 7) is 11.8. The topological polar surface area (TPSA) is 17.3 Å². The standard InChI is InChI=1S/C11H25N2Si.Li/c1-11(2)12-14(3,4)10-13-8-6-5-7-9-13;/h11H,5-10H2,1-4H3;/q-1;+1. The Hall–Kier alpha value is 0.734. The van der Waals surface area contributed by atoms with Crippen molar-refractivity contribution in [3.8, 4) is 0 Å². The van der Waals surface area contributed by atoms with Gasteiger partial charge in [0.2, 0.25) is 0 Å². The molecule has 0 saturated carbocycles. The van der Waals surface area contributed by atoms with Crippen molar-refractivity contribution in [2.24, 2.45) is 0 Å². The number of rotatable bonds is 4. The third kappa shape index (κ3) is 6.81. The number of nitrogens with zero attached hydrogens (tertiary/aromatic N) is 2. The smallest absolute Gasteiger partial charge is 0.661 e. The fourth-order valence-electron chi connectivity index (χ4n) is 2.40. The molecule has 1 saturated heterocycles. The molecule has 0 radical (unpaired) electrons. The van der Waals surface area contributed by atoms with E-state index in [4.69, 9.17) is 4.98 Å². The van der Waals surface area contributed by atoms with Crippen LogP contribution in [0.1, 0.15) is 33.1 Å². The van der Waals surface area contributed by atoms with Crippen LogP contribution in [0.15, 0.2) is 0 Å². The first-order chi connectivity index (χ1) is 6.49. The Kier molecular flexibility index (Phi) is 7.49. The molecule has 0 unspecified atom stereocenters. The summed E-state index contributed by atoms with van der Waals surface area (Å²) in [6.07, 6.45) is 5.49. The quantitative estimate of drug-likeness (QED) is 0.610. The van der Waals surface area contributed by atoms with Crippen LogP contribution in [0, 0.1) is 0 Å². The van der Waals surface area contributed by atoms with Gasteiger partial charge in [0.15, 0.2) is 0 Å². The molecule has 15 heavy (non-hydrogen) atoms. The van der Waals surface area contributed by atoms with Crippen molar-refractivity contribution in [3.63, 3.8) is 0 Å². The van der Waals surface area contributed by atoms with Crippen molar-refractivity contribution in [1.82, 2.24) is 4.90 Å². The van der Waals surface area contributed by atoms with E-state index in [-0.39, 0.29) is 18.9 Å². The van der Waals surface area contributed by atoms with Crippen LogP contribution >= 0.6 is 0 Å². The largest absolute Gasteiger partial charge is 1.00 e. The molecule has 0 bridgehead atoms. The van der Waals surface area contributed by atoms with Gasteiger partial charge in [-0.1, -0.05) is 33.4 Å². The van der Waals surface area contributed by atoms with Gasteiger partial charge in [0.1, 0.15) is 0 Å². The first-order valence-electron chi connectivity index (χ1n) is 5.94. The van der Waals surface area contributed by atoms with E-state index in [1.165, 1.54) is 38.5 Å². The Bertz CT molecular complexity index is 168. The van der Waals surface area contributed by atoms with Gasteiger partial charge in [0.25, 0.3) is 0 Å². The molecule has 1 rings (SSSR count). The van der Waals surface area contributed by atoms with Crippen molar-refractivity contribution in [1.29, 1.82) is 0 Å². The summed E-state index contributed by atoms with van der Waals surface area (Å²) in [5.41, 5.74) is 0. The van der Waals surface area contributed by atoms with E-state index < -0.39 is 8.24 Å². The second-order valence-electron chi connectivity index (χ2n) is 5.37. The first-order valence-corrected chi connectivity index (χ1v) is 9.09. The van der Waals surface area contributed by atoms with E-state index in [2.05, 4.69) is 31.8 Å². The Morgan fingerprint density at radius 3 is 2.13 bits per heavy atom. The van der Waals surface area contributed by atoms with Gasteiger partial charge in [0.05, 0.1) is 0 Å². The monoisotopic (exact) mass is 220 g/mol. The molecule has 84 valence electrons. The third-order valence-corrected chi connectivity index (χ3v) is 5.10. The molecule has 0 atom stereocenters. The van der Waals surface area contributed by atoms with Crippen LogP contribution in [0.3, 0.4) is 0 Å². The molecule has 0 N–H and O–H groups in total. The fraction of sp³-hybridized carbons (Fsp3) is 1.00. The van der Waals surface area contributed by atoms with Gasteiger partial charge in [-0.25, -0.2) is 0 Å². The van der Waals surface area contributed by atoms with Crippen LogP contribution in [-0.2, 0) is 0 Å². The van der Waals surface area contributed by atoms with Gasteiger partial charge in [-0.2, -0.15) is 0 Å². The molecule has 1 heterocycles. The molecule has 1 aliphatic heterocycles. The van der Waals surface area contributed by atoms with E-state index in [0.717, 1.165) is 0 Å². The predicted molar refractivity (Wildman–Crippen MR) is 66.3 cm³/mol. The van der Waals surface area contributed by atoms with Crippen LogP contribution < -0.4 is 18.9 Å². The molecule has 0 amide bonds. The van der Waals surface area contributed by atoms with Crippen molar-refractivity contribution in [3.05, 3.63) is 4.98 Å². The van der Waals surface area contributed by atoms with Crippen LogP contribution in [0.5, 0.6) is 0 Å². The second-order valence-corrected chi connectivity index (χ2v) is 9.57. The molecule has 0 aliphatic carbocycles. The average molecular weight is 220 g/mol. The molecular weight excluding hydrogens is 195 g/mol. The van der Waals surface area contributed by atoms with Crippen molar-refractivity contribution < 1.29 is 18.9 Å². The number of hydrogen-bond acceptors (Lipinski definition) is 1. The van der Waals surface area contributed by atoms with Gasteiger partial charge in [0, 0.05) is 0 Å². The first kappa shape index (κ1) is 15.7. The maximum Gasteiger partial charge on any atom is 1.00 e. The molecule has 1 fully saturated rings. The molecule has 0 aromatic heterocycles. The minimum Gasteiger partial charge on any atom is -0.661 e. The van der Waals surface area contributed by atoms with E-state index >= 15 is 0 Å². The van der Waals surface area contributed by atoms with Gasteiger partial charge >= 0.3 is 18.9 Å². The summed E-state index contributed by atoms with van der Waals surface area (Å²) in [5, 5.41) is 0. The van der Waals surface area contributed by atoms with Gasteiger partial charge in [-0.05, 0) is 40.3 Å². The number of piperidine rings is 1. The molecule has 0 spiro atoms. The van der Waals surface area contributed by atoms with Crippen LogP contribution in [-0.4, -0.2) is 38.4 Å². The summed E-state index contributed by atoms with van der Waals surface area (Å²) in [4.78, 5) is 7.53. The summed E-state index contributed by atoms with van der Waals surface area (Å²) in [5.74, 6) is 0. The van der Waals surface area contributed by atoms with E-state index in [1.54, 1.807) is 0 Å². The predicted octanol–water partition coefficient (Wildman–Crippen LogP) is 0.00270. The van der Waals surface area contributed by atoms with Crippen molar-refractivity contribution in [2.45, 2.75) is 52.2 Å². The maximum atomic E-state index is 4.90. The number of hydrogen-bond donors (Lipinski definition) is 0. The molecule has 0 aromatic carbocycles. The zero-order valence-electron chi connectivity index (χ0n) is 11.2. The molecule has 0 aromatic rings. The summed E-state index contributed by atoms with van der Waals surface area (Å²) in [6, 6.07) is 0.515. The Balaban J connectivity index is 0.00000196.